The van der Waals surface area contributed by atoms with Gasteiger partial charge in [0, 0.05) is 11.1 Å². The van der Waals surface area contributed by atoms with Crippen molar-refractivity contribution in [1.29, 1.82) is 0 Å². The molecule has 0 saturated carbocycles. The van der Waals surface area contributed by atoms with Gasteiger partial charge in [0.05, 0.1) is 13.0 Å². The molecule has 3 heterocycles. The Morgan fingerprint density at radius 1 is 1.32 bits per heavy atom. The van der Waals surface area contributed by atoms with Crippen LogP contribution in [0.25, 0.3) is 11.7 Å². The first-order chi connectivity index (χ1) is 9.24. The molecule has 0 spiro atoms. The molecule has 0 aliphatic rings. The standard InChI is InChI=1S/C12H12N4O2S/c1-7-6-19-11(14-7)4-10-15-12(18-16-10)9-3-2-8(5-13)17-9/h2-3,6H,4-5,13H2,1H3. The number of aryl methyl sites for hydroxylation is 1. The monoisotopic (exact) mass is 276 g/mol. The molecule has 6 nitrogen and oxygen atoms in total. The van der Waals surface area contributed by atoms with E-state index >= 15 is 0 Å². The molecule has 0 fully saturated rings. The van der Waals surface area contributed by atoms with Gasteiger partial charge >= 0.3 is 0 Å². The largest absolute Gasteiger partial charge is 0.455 e. The maximum atomic E-state index is 5.48. The second kappa shape index (κ2) is 4.94. The van der Waals surface area contributed by atoms with E-state index in [2.05, 4.69) is 15.1 Å². The van der Waals surface area contributed by atoms with Gasteiger partial charge < -0.3 is 14.7 Å². The Kier molecular flexibility index (Phi) is 3.14. The van der Waals surface area contributed by atoms with Crippen molar-refractivity contribution in [2.45, 2.75) is 19.9 Å². The quantitative estimate of drug-likeness (QED) is 0.785. The fourth-order valence-electron chi connectivity index (χ4n) is 1.65. The van der Waals surface area contributed by atoms with Crippen LogP contribution in [0.3, 0.4) is 0 Å². The van der Waals surface area contributed by atoms with Crippen LogP contribution in [-0.4, -0.2) is 15.1 Å². The first-order valence-corrected chi connectivity index (χ1v) is 6.65. The number of nitrogens with two attached hydrogens (primary N) is 1. The number of nitrogens with zero attached hydrogens (tertiary/aromatic N) is 3. The average molecular weight is 276 g/mol. The van der Waals surface area contributed by atoms with Crippen LogP contribution >= 0.6 is 11.3 Å². The fourth-order valence-corrected chi connectivity index (χ4v) is 2.42. The normalized spacial score (nSPS) is 11.1. The lowest BCUT2D eigenvalue weighted by Gasteiger charge is -1.88. The van der Waals surface area contributed by atoms with Crippen molar-refractivity contribution in [2.24, 2.45) is 5.73 Å². The number of hydrogen-bond acceptors (Lipinski definition) is 7. The third kappa shape index (κ3) is 2.56. The van der Waals surface area contributed by atoms with E-state index in [0.717, 1.165) is 10.7 Å². The molecular weight excluding hydrogens is 264 g/mol. The summed E-state index contributed by atoms with van der Waals surface area (Å²) in [6.07, 6.45) is 0.562. The highest BCUT2D eigenvalue weighted by molar-refractivity contribution is 7.09. The predicted molar refractivity (Wildman–Crippen MR) is 69.5 cm³/mol. The van der Waals surface area contributed by atoms with Gasteiger partial charge in [0.15, 0.2) is 11.6 Å². The summed E-state index contributed by atoms with van der Waals surface area (Å²) in [6.45, 7) is 2.30. The van der Waals surface area contributed by atoms with Gasteiger partial charge in [-0.05, 0) is 19.1 Å². The number of aromatic nitrogens is 3. The van der Waals surface area contributed by atoms with Crippen LogP contribution in [0.4, 0.5) is 0 Å². The molecule has 0 atom stereocenters. The zero-order chi connectivity index (χ0) is 13.2. The summed E-state index contributed by atoms with van der Waals surface area (Å²) >= 11 is 1.58. The molecule has 0 bridgehead atoms. The summed E-state index contributed by atoms with van der Waals surface area (Å²) in [5.74, 6) is 2.18. The van der Waals surface area contributed by atoms with Gasteiger partial charge in [-0.15, -0.1) is 11.3 Å². The zero-order valence-corrected chi connectivity index (χ0v) is 11.1. The molecule has 0 amide bonds. The van der Waals surface area contributed by atoms with Gasteiger partial charge in [0.1, 0.15) is 10.8 Å². The van der Waals surface area contributed by atoms with E-state index in [1.165, 1.54) is 0 Å². The molecule has 0 radical (unpaired) electrons. The molecule has 3 aromatic heterocycles. The summed E-state index contributed by atoms with van der Waals surface area (Å²) < 4.78 is 10.6. The number of thiazole rings is 1. The summed E-state index contributed by atoms with van der Waals surface area (Å²) in [5.41, 5.74) is 6.49. The Balaban J connectivity index is 1.79. The van der Waals surface area contributed by atoms with Crippen LogP contribution < -0.4 is 5.73 Å². The molecule has 0 aliphatic carbocycles. The maximum Gasteiger partial charge on any atom is 0.293 e. The first kappa shape index (κ1) is 12.1. The van der Waals surface area contributed by atoms with Gasteiger partial charge in [0.25, 0.3) is 5.89 Å². The van der Waals surface area contributed by atoms with Crippen molar-refractivity contribution >= 4 is 11.3 Å². The molecular formula is C12H12N4O2S. The van der Waals surface area contributed by atoms with Crippen LogP contribution in [0.2, 0.25) is 0 Å². The van der Waals surface area contributed by atoms with Gasteiger partial charge in [-0.3, -0.25) is 0 Å². The molecule has 98 valence electrons. The highest BCUT2D eigenvalue weighted by Gasteiger charge is 2.13. The lowest BCUT2D eigenvalue weighted by Crippen LogP contribution is -1.92. The molecule has 19 heavy (non-hydrogen) atoms. The Bertz CT molecular complexity index is 685. The minimum absolute atomic E-state index is 0.347. The molecule has 0 aromatic carbocycles. The molecule has 0 unspecified atom stereocenters. The number of furan rings is 1. The van der Waals surface area contributed by atoms with E-state index in [1.807, 2.05) is 12.3 Å². The maximum absolute atomic E-state index is 5.48. The summed E-state index contributed by atoms with van der Waals surface area (Å²) in [5, 5.41) is 6.88. The minimum atomic E-state index is 0.347. The van der Waals surface area contributed by atoms with Gasteiger partial charge in [-0.1, -0.05) is 5.16 Å². The lowest BCUT2D eigenvalue weighted by atomic mass is 10.4. The summed E-state index contributed by atoms with van der Waals surface area (Å²) in [4.78, 5) is 8.65. The van der Waals surface area contributed by atoms with Crippen molar-refractivity contribution in [1.82, 2.24) is 15.1 Å². The molecule has 3 aromatic rings. The van der Waals surface area contributed by atoms with Gasteiger partial charge in [-0.2, -0.15) is 4.98 Å². The first-order valence-electron chi connectivity index (χ1n) is 5.77. The second-order valence-electron chi connectivity index (χ2n) is 4.05. The summed E-state index contributed by atoms with van der Waals surface area (Å²) in [7, 11) is 0. The van der Waals surface area contributed by atoms with Crippen molar-refractivity contribution in [3.63, 3.8) is 0 Å². The van der Waals surface area contributed by atoms with E-state index in [9.17, 15) is 0 Å². The van der Waals surface area contributed by atoms with Crippen molar-refractivity contribution in [2.75, 3.05) is 0 Å². The minimum Gasteiger partial charge on any atom is -0.455 e. The predicted octanol–water partition coefficient (Wildman–Crippen LogP) is 2.14. The highest BCUT2D eigenvalue weighted by Crippen LogP contribution is 2.21. The van der Waals surface area contributed by atoms with Gasteiger partial charge in [0.2, 0.25) is 0 Å². The SMILES string of the molecule is Cc1csc(Cc2noc(-c3ccc(CN)o3)n2)n1. The third-order valence-electron chi connectivity index (χ3n) is 2.52. The van der Waals surface area contributed by atoms with Crippen molar-refractivity contribution in [3.8, 4) is 11.7 Å². The molecule has 3 rings (SSSR count). The van der Waals surface area contributed by atoms with Crippen LogP contribution in [0.1, 0.15) is 22.3 Å². The van der Waals surface area contributed by atoms with E-state index in [0.29, 0.717) is 36.2 Å². The van der Waals surface area contributed by atoms with Crippen molar-refractivity contribution in [3.05, 3.63) is 39.8 Å². The second-order valence-corrected chi connectivity index (χ2v) is 4.99. The molecule has 0 aliphatic heterocycles. The Labute approximate surface area is 113 Å². The topological polar surface area (TPSA) is 91.0 Å². The number of hydrogen-bond donors (Lipinski definition) is 1. The van der Waals surface area contributed by atoms with Crippen LogP contribution in [0, 0.1) is 6.92 Å². The summed E-state index contributed by atoms with van der Waals surface area (Å²) in [6, 6.07) is 3.57. The highest BCUT2D eigenvalue weighted by atomic mass is 32.1. The van der Waals surface area contributed by atoms with E-state index < -0.39 is 0 Å². The van der Waals surface area contributed by atoms with Crippen molar-refractivity contribution < 1.29 is 8.94 Å². The zero-order valence-electron chi connectivity index (χ0n) is 10.3. The molecule has 0 saturated heterocycles. The fraction of sp³-hybridized carbons (Fsp3) is 0.250. The Morgan fingerprint density at radius 3 is 2.89 bits per heavy atom. The average Bonchev–Trinajstić information content (AvgIpc) is 3.10. The van der Waals surface area contributed by atoms with E-state index in [4.69, 9.17) is 14.7 Å². The molecule has 7 heteroatoms. The lowest BCUT2D eigenvalue weighted by molar-refractivity contribution is 0.406. The Morgan fingerprint density at radius 2 is 2.21 bits per heavy atom. The van der Waals surface area contributed by atoms with Crippen LogP contribution in [-0.2, 0) is 13.0 Å². The third-order valence-corrected chi connectivity index (χ3v) is 3.48. The van der Waals surface area contributed by atoms with Gasteiger partial charge in [-0.25, -0.2) is 4.98 Å². The smallest absolute Gasteiger partial charge is 0.293 e. The van der Waals surface area contributed by atoms with E-state index in [-0.39, 0.29) is 0 Å². The van der Waals surface area contributed by atoms with E-state index in [1.54, 1.807) is 23.5 Å². The number of rotatable bonds is 4. The Hall–Kier alpha value is -1.99. The molecule has 2 N–H and O–H groups in total. The van der Waals surface area contributed by atoms with Crippen LogP contribution in [0.5, 0.6) is 0 Å². The van der Waals surface area contributed by atoms with Crippen LogP contribution in [0.15, 0.2) is 26.5 Å².